The number of ether oxygens (including phenoxy) is 4. The molecule has 0 spiro atoms. The van der Waals surface area contributed by atoms with Gasteiger partial charge in [0.2, 0.25) is 0 Å². The molecule has 0 fully saturated rings. The van der Waals surface area contributed by atoms with Crippen molar-refractivity contribution in [2.75, 3.05) is 26.4 Å². The van der Waals surface area contributed by atoms with Gasteiger partial charge in [0.15, 0.2) is 0 Å². The third-order valence-electron chi connectivity index (χ3n) is 12.3. The van der Waals surface area contributed by atoms with Crippen LogP contribution in [0.2, 0.25) is 0 Å². The zero-order valence-corrected chi connectivity index (χ0v) is 41.1. The van der Waals surface area contributed by atoms with Crippen LogP contribution in [0.5, 0.6) is 23.0 Å². The Labute approximate surface area is 417 Å². The molecule has 0 atom stereocenters. The molecule has 5 heterocycles. The van der Waals surface area contributed by atoms with E-state index in [2.05, 4.69) is 177 Å². The molecule has 2 N–H and O–H groups in total. The number of hydrogen-bond acceptors (Lipinski definition) is 6. The van der Waals surface area contributed by atoms with Crippen LogP contribution in [0.3, 0.4) is 0 Å². The first-order valence-corrected chi connectivity index (χ1v) is 24.6. The normalized spacial score (nSPS) is 11.8. The van der Waals surface area contributed by atoms with Crippen LogP contribution >= 0.6 is 0 Å². The Morgan fingerprint density at radius 3 is 1.35 bits per heavy atom. The second kappa shape index (κ2) is 23.5. The number of fused-ring (bicyclic) bond motifs is 8. The summed E-state index contributed by atoms with van der Waals surface area (Å²) in [5, 5.41) is 0. The zero-order valence-electron chi connectivity index (χ0n) is 40.2. The first-order chi connectivity index (χ1) is 33.6. The number of rotatable bonds is 20. The molecule has 9 heteroatoms. The molecule has 0 saturated heterocycles. The molecule has 7 aromatic rings. The molecule has 9 rings (SSSR count). The molecule has 0 aliphatic carbocycles. The second-order valence-corrected chi connectivity index (χ2v) is 17.4. The standard InChI is InChI=1S/C60H62N4O4.Cu/c1-5-9-33-65-52-25-17-13-21-46(52)50-39-45-38-43-30-29-41(61-43)37-42-31-32-44(62-42)40-51-56(47-22-14-18-26-53(47)66-34-10-6-2)57(48-23-15-19-27-54(48)67-35-11-7-3)60(64-51)58(59(50)63-45)49-24-16-20-28-55(49)68-36-12-8-4;/h13-32,37-40,61,64H,5-12,33-36H2,1-4H3;. The molecule has 3 aromatic heterocycles. The Morgan fingerprint density at radius 2 is 0.841 bits per heavy atom. The molecule has 2 aliphatic heterocycles. The van der Waals surface area contributed by atoms with Gasteiger partial charge in [-0.25, -0.2) is 9.97 Å². The van der Waals surface area contributed by atoms with Gasteiger partial charge >= 0.3 is 0 Å². The monoisotopic (exact) mass is 965 g/mol. The number of benzene rings is 4. The second-order valence-electron chi connectivity index (χ2n) is 17.4. The number of aromatic amines is 2. The molecule has 8 nitrogen and oxygen atoms in total. The molecule has 4 aromatic carbocycles. The quantitative estimate of drug-likeness (QED) is 0.0584. The third-order valence-corrected chi connectivity index (χ3v) is 12.3. The van der Waals surface area contributed by atoms with Crippen molar-refractivity contribution in [3.05, 3.63) is 156 Å². The van der Waals surface area contributed by atoms with Crippen LogP contribution in [0.15, 0.2) is 127 Å². The summed E-state index contributed by atoms with van der Waals surface area (Å²) in [4.78, 5) is 18.6. The number of hydrogen-bond donors (Lipinski definition) is 2. The fourth-order valence-corrected chi connectivity index (χ4v) is 8.79. The van der Waals surface area contributed by atoms with Crippen molar-refractivity contribution < 1.29 is 36.0 Å². The SMILES string of the molecule is CCCCOc1ccccc1C1=Cc2cc3ccc(cc4nc(cc5[nH]c(c(-c6ccccc6OCCCC)c1n2)c(-c1ccccc1OCCCC)c5-c1ccccc1OCCCC)C=C4)[nH]3.[Cu]. The van der Waals surface area contributed by atoms with Crippen LogP contribution in [-0.2, 0) is 17.1 Å². The van der Waals surface area contributed by atoms with E-state index in [1.165, 1.54) is 0 Å². The van der Waals surface area contributed by atoms with Gasteiger partial charge in [-0.1, -0.05) is 126 Å². The van der Waals surface area contributed by atoms with E-state index in [0.717, 1.165) is 164 Å². The van der Waals surface area contributed by atoms with Gasteiger partial charge < -0.3 is 28.9 Å². The molecule has 2 aliphatic rings. The zero-order chi connectivity index (χ0) is 46.7. The summed E-state index contributed by atoms with van der Waals surface area (Å²) in [7, 11) is 0. The maximum absolute atomic E-state index is 6.80. The molecular weight excluding hydrogens is 904 g/mol. The number of unbranched alkanes of at least 4 members (excludes halogenated alkanes) is 4. The van der Waals surface area contributed by atoms with E-state index in [1.54, 1.807) is 0 Å². The van der Waals surface area contributed by atoms with Crippen LogP contribution in [-0.4, -0.2) is 46.4 Å². The molecule has 0 amide bonds. The predicted molar refractivity (Wildman–Crippen MR) is 281 cm³/mol. The van der Waals surface area contributed by atoms with Crippen molar-refractivity contribution in [2.45, 2.75) is 79.1 Å². The van der Waals surface area contributed by atoms with Gasteiger partial charge in [0, 0.05) is 78.1 Å². The van der Waals surface area contributed by atoms with Gasteiger partial charge in [0.25, 0.3) is 0 Å². The number of nitrogens with zero attached hydrogens (tertiary/aromatic N) is 2. The topological polar surface area (TPSA) is 94.3 Å². The smallest absolute Gasteiger partial charge is 0.127 e. The van der Waals surface area contributed by atoms with Crippen LogP contribution in [0.25, 0.3) is 79.2 Å². The van der Waals surface area contributed by atoms with Gasteiger partial charge in [-0.2, -0.15) is 0 Å². The maximum Gasteiger partial charge on any atom is 0.127 e. The van der Waals surface area contributed by atoms with E-state index in [1.807, 2.05) is 6.07 Å². The van der Waals surface area contributed by atoms with Crippen LogP contribution in [0.4, 0.5) is 0 Å². The fraction of sp³-hybridized carbons (Fsp3) is 0.267. The largest absolute Gasteiger partial charge is 0.493 e. The van der Waals surface area contributed by atoms with Gasteiger partial charge in [-0.05, 0) is 98.5 Å². The summed E-state index contributed by atoms with van der Waals surface area (Å²) >= 11 is 0. The summed E-state index contributed by atoms with van der Waals surface area (Å²) < 4.78 is 26.9. The van der Waals surface area contributed by atoms with Crippen molar-refractivity contribution in [3.63, 3.8) is 0 Å². The average molecular weight is 967 g/mol. The van der Waals surface area contributed by atoms with E-state index in [9.17, 15) is 0 Å². The minimum absolute atomic E-state index is 0. The first-order valence-electron chi connectivity index (χ1n) is 24.6. The number of aromatic nitrogens is 4. The predicted octanol–water partition coefficient (Wildman–Crippen LogP) is 15.8. The molecule has 8 bridgehead atoms. The minimum atomic E-state index is 0. The number of H-pyrrole nitrogens is 2. The van der Waals surface area contributed by atoms with E-state index >= 15 is 0 Å². The summed E-state index contributed by atoms with van der Waals surface area (Å²) in [5.74, 6) is 3.17. The summed E-state index contributed by atoms with van der Waals surface area (Å²) in [6, 6.07) is 44.1. The average Bonchev–Trinajstić information content (AvgIpc) is 4.18. The third kappa shape index (κ3) is 11.1. The van der Waals surface area contributed by atoms with Gasteiger partial charge in [0.1, 0.15) is 23.0 Å². The number of nitrogens with one attached hydrogen (secondary N) is 2. The molecular formula is C60H62CuN4O4. The molecule has 69 heavy (non-hydrogen) atoms. The van der Waals surface area contributed by atoms with E-state index < -0.39 is 0 Å². The minimum Gasteiger partial charge on any atom is -0.493 e. The van der Waals surface area contributed by atoms with Crippen molar-refractivity contribution >= 4 is 45.9 Å². The Balaban J connectivity index is 0.00000642. The molecule has 357 valence electrons. The fourth-order valence-electron chi connectivity index (χ4n) is 8.79. The van der Waals surface area contributed by atoms with Crippen LogP contribution in [0, 0.1) is 0 Å². The Bertz CT molecular complexity index is 3110. The maximum atomic E-state index is 6.80. The Morgan fingerprint density at radius 1 is 0.420 bits per heavy atom. The van der Waals surface area contributed by atoms with Gasteiger partial charge in [0.05, 0.1) is 54.7 Å². The van der Waals surface area contributed by atoms with E-state index in [0.29, 0.717) is 26.4 Å². The van der Waals surface area contributed by atoms with Crippen LogP contribution in [0.1, 0.15) is 107 Å². The molecule has 0 unspecified atom stereocenters. The number of para-hydroxylation sites is 4. The van der Waals surface area contributed by atoms with Crippen molar-refractivity contribution in [3.8, 4) is 56.4 Å². The summed E-state index contributed by atoms with van der Waals surface area (Å²) in [6.45, 7) is 11.1. The van der Waals surface area contributed by atoms with E-state index in [-0.39, 0.29) is 17.1 Å². The molecule has 0 saturated carbocycles. The van der Waals surface area contributed by atoms with Crippen molar-refractivity contribution in [2.24, 2.45) is 0 Å². The Hall–Kier alpha value is -6.80. The molecule has 1 radical (unpaired) electrons. The van der Waals surface area contributed by atoms with E-state index in [4.69, 9.17) is 28.9 Å². The van der Waals surface area contributed by atoms with Crippen molar-refractivity contribution in [1.82, 2.24) is 19.9 Å². The van der Waals surface area contributed by atoms with Crippen molar-refractivity contribution in [1.29, 1.82) is 0 Å². The van der Waals surface area contributed by atoms with Gasteiger partial charge in [-0.3, -0.25) is 0 Å². The van der Waals surface area contributed by atoms with Gasteiger partial charge in [-0.15, -0.1) is 0 Å². The first kappa shape index (κ1) is 48.6. The Kier molecular flexibility index (Phi) is 16.6. The van der Waals surface area contributed by atoms with Crippen LogP contribution < -0.4 is 18.9 Å². The summed E-state index contributed by atoms with van der Waals surface area (Å²) in [5.41, 5.74) is 14.4. The summed E-state index contributed by atoms with van der Waals surface area (Å²) in [6.07, 6.45) is 14.1.